The van der Waals surface area contributed by atoms with Crippen molar-refractivity contribution in [2.24, 2.45) is 0 Å². The number of benzene rings is 1. The number of likely N-dealkylation sites (N-methyl/N-ethyl adjacent to an activating group) is 1. The van der Waals surface area contributed by atoms with Gasteiger partial charge in [0.1, 0.15) is 5.75 Å². The summed E-state index contributed by atoms with van der Waals surface area (Å²) in [7, 11) is 0. The summed E-state index contributed by atoms with van der Waals surface area (Å²) in [6.07, 6.45) is 0. The van der Waals surface area contributed by atoms with Crippen LogP contribution in [0.1, 0.15) is 42.0 Å². The van der Waals surface area contributed by atoms with E-state index in [2.05, 4.69) is 13.8 Å². The van der Waals surface area contributed by atoms with E-state index < -0.39 is 17.7 Å². The van der Waals surface area contributed by atoms with Gasteiger partial charge < -0.3 is 19.6 Å². The number of ether oxygens (including phenoxy) is 1. The number of Topliss-reactive ketones (excluding diaryl/α,β-unsaturated/α-hetero) is 1. The number of thiophene rings is 1. The molecule has 3 rings (SSSR count). The Morgan fingerprint density at radius 3 is 2.60 bits per heavy atom. The first kappa shape index (κ1) is 22.1. The molecule has 0 aliphatic carbocycles. The number of carbonyl (C=O) groups excluding carboxylic acids is 2. The molecule has 30 heavy (non-hydrogen) atoms. The Bertz CT molecular complexity index is 919. The Hall–Kier alpha value is -2.64. The fourth-order valence-electron chi connectivity index (χ4n) is 3.83. The zero-order chi connectivity index (χ0) is 21.7. The van der Waals surface area contributed by atoms with Crippen LogP contribution in [0.4, 0.5) is 0 Å². The van der Waals surface area contributed by atoms with Gasteiger partial charge in [-0.15, -0.1) is 11.3 Å². The lowest BCUT2D eigenvalue weighted by Gasteiger charge is -2.28. The van der Waals surface area contributed by atoms with E-state index in [1.807, 2.05) is 36.6 Å². The molecule has 2 heterocycles. The number of carbonyl (C=O) groups is 2. The van der Waals surface area contributed by atoms with Crippen molar-refractivity contribution in [1.29, 1.82) is 0 Å². The summed E-state index contributed by atoms with van der Waals surface area (Å²) < 4.78 is 5.63. The Balaban J connectivity index is 2.02. The summed E-state index contributed by atoms with van der Waals surface area (Å²) >= 11 is 1.30. The molecule has 0 radical (unpaired) electrons. The van der Waals surface area contributed by atoms with Crippen molar-refractivity contribution in [3.63, 3.8) is 0 Å². The summed E-state index contributed by atoms with van der Waals surface area (Å²) in [5, 5.41) is 12.5. The summed E-state index contributed by atoms with van der Waals surface area (Å²) in [5.74, 6) is -0.575. The average Bonchev–Trinajstić information content (AvgIpc) is 3.37. The van der Waals surface area contributed by atoms with Crippen LogP contribution < -0.4 is 9.64 Å². The molecule has 0 unspecified atom stereocenters. The van der Waals surface area contributed by atoms with Crippen molar-refractivity contribution in [2.75, 3.05) is 32.8 Å². The minimum atomic E-state index is -0.637. The highest BCUT2D eigenvalue weighted by Crippen LogP contribution is 2.40. The highest BCUT2D eigenvalue weighted by molar-refractivity contribution is 7.12. The van der Waals surface area contributed by atoms with E-state index in [1.54, 1.807) is 17.0 Å². The molecule has 0 spiro atoms. The smallest absolute Gasteiger partial charge is 0.290 e. The van der Waals surface area contributed by atoms with Gasteiger partial charge in [-0.3, -0.25) is 9.59 Å². The number of aliphatic hydroxyl groups is 1. The minimum Gasteiger partial charge on any atom is -0.503 e. The molecular weight excluding hydrogens is 400 g/mol. The van der Waals surface area contributed by atoms with Crippen LogP contribution in [-0.2, 0) is 4.79 Å². The van der Waals surface area contributed by atoms with Crippen molar-refractivity contribution >= 4 is 23.0 Å². The van der Waals surface area contributed by atoms with E-state index in [0.717, 1.165) is 25.2 Å². The maximum Gasteiger partial charge on any atom is 0.290 e. The van der Waals surface area contributed by atoms with Crippen LogP contribution in [-0.4, -0.2) is 54.5 Å². The van der Waals surface area contributed by atoms with Crippen LogP contribution in [0.25, 0.3) is 0 Å². The first-order valence-corrected chi connectivity index (χ1v) is 11.3. The van der Waals surface area contributed by atoms with E-state index in [-0.39, 0.29) is 11.4 Å². The molecule has 1 amide bonds. The Kier molecular flexibility index (Phi) is 7.29. The van der Waals surface area contributed by atoms with E-state index in [9.17, 15) is 14.7 Å². The Labute approximate surface area is 181 Å². The molecule has 6 nitrogen and oxygen atoms in total. The molecule has 0 fully saturated rings. The number of nitrogens with zero attached hydrogens (tertiary/aromatic N) is 1. The first-order valence-electron chi connectivity index (χ1n) is 10.4. The summed E-state index contributed by atoms with van der Waals surface area (Å²) in [6, 6.07) is 10.3. The van der Waals surface area contributed by atoms with E-state index in [0.29, 0.717) is 23.8 Å². The lowest BCUT2D eigenvalue weighted by Crippen LogP contribution is -3.12. The fourth-order valence-corrected chi connectivity index (χ4v) is 4.50. The zero-order valence-electron chi connectivity index (χ0n) is 17.7. The number of hydrogen-bond acceptors (Lipinski definition) is 5. The van der Waals surface area contributed by atoms with Crippen LogP contribution in [0.2, 0.25) is 0 Å². The number of quaternary nitrogens is 1. The lowest BCUT2D eigenvalue weighted by molar-refractivity contribution is -0.895. The Morgan fingerprint density at radius 1 is 1.20 bits per heavy atom. The summed E-state index contributed by atoms with van der Waals surface area (Å²) in [4.78, 5) is 29.7. The molecule has 0 saturated heterocycles. The van der Waals surface area contributed by atoms with Gasteiger partial charge in [0.25, 0.3) is 5.91 Å². The summed E-state index contributed by atoms with van der Waals surface area (Å²) in [6.45, 7) is 9.72. The maximum atomic E-state index is 13.2. The highest BCUT2D eigenvalue weighted by atomic mass is 32.1. The van der Waals surface area contributed by atoms with Gasteiger partial charge in [-0.25, -0.2) is 0 Å². The number of aliphatic hydroxyl groups excluding tert-OH is 1. The second-order valence-corrected chi connectivity index (χ2v) is 8.13. The van der Waals surface area contributed by atoms with E-state index >= 15 is 0 Å². The molecule has 2 N–H and O–H groups in total. The van der Waals surface area contributed by atoms with Gasteiger partial charge in [-0.1, -0.05) is 18.2 Å². The topological polar surface area (TPSA) is 71.3 Å². The lowest BCUT2D eigenvalue weighted by atomic mass is 9.95. The number of ketones is 1. The molecule has 1 aromatic carbocycles. The van der Waals surface area contributed by atoms with Gasteiger partial charge in [0, 0.05) is 0 Å². The maximum absolute atomic E-state index is 13.2. The van der Waals surface area contributed by atoms with Crippen molar-refractivity contribution in [3.8, 4) is 5.75 Å². The molecule has 0 bridgehead atoms. The van der Waals surface area contributed by atoms with Crippen LogP contribution in [0.3, 0.4) is 0 Å². The van der Waals surface area contributed by atoms with Crippen LogP contribution in [0, 0.1) is 0 Å². The number of amides is 1. The molecule has 2 aromatic rings. The van der Waals surface area contributed by atoms with Crippen LogP contribution >= 0.6 is 11.3 Å². The molecule has 160 valence electrons. The van der Waals surface area contributed by atoms with Crippen molar-refractivity contribution in [2.45, 2.75) is 26.8 Å². The normalized spacial score (nSPS) is 16.6. The number of hydrogen-bond donors (Lipinski definition) is 2. The van der Waals surface area contributed by atoms with Gasteiger partial charge >= 0.3 is 0 Å². The highest BCUT2D eigenvalue weighted by Gasteiger charge is 2.44. The minimum absolute atomic E-state index is 0.144. The second kappa shape index (κ2) is 9.91. The van der Waals surface area contributed by atoms with Gasteiger partial charge in [0.2, 0.25) is 5.78 Å². The standard InChI is InChI=1S/C23H28N2O4S/c1-4-24(5-2)12-13-25-20(16-9-7-10-17(15-16)29-6-3)19(22(27)23(25)28)21(26)18-11-8-14-30-18/h7-11,14-15,20,27H,4-6,12-13H2,1-3H3/p+1/t20-/m0/s1. The van der Waals surface area contributed by atoms with Crippen LogP contribution in [0.5, 0.6) is 5.75 Å². The Morgan fingerprint density at radius 2 is 1.97 bits per heavy atom. The first-order chi connectivity index (χ1) is 14.5. The molecule has 0 saturated carbocycles. The number of rotatable bonds is 10. The predicted molar refractivity (Wildman–Crippen MR) is 117 cm³/mol. The predicted octanol–water partition coefficient (Wildman–Crippen LogP) is 2.65. The summed E-state index contributed by atoms with van der Waals surface area (Å²) in [5.41, 5.74) is 0.901. The second-order valence-electron chi connectivity index (χ2n) is 7.18. The molecular formula is C23H29N2O4S+. The number of nitrogens with one attached hydrogen (secondary N) is 1. The van der Waals surface area contributed by atoms with Gasteiger partial charge in [-0.2, -0.15) is 0 Å². The molecule has 7 heteroatoms. The third-order valence-corrected chi connectivity index (χ3v) is 6.35. The van der Waals surface area contributed by atoms with Gasteiger partial charge in [0.05, 0.1) is 49.3 Å². The van der Waals surface area contributed by atoms with E-state index in [1.165, 1.54) is 16.2 Å². The molecule has 1 aliphatic rings. The van der Waals surface area contributed by atoms with Crippen molar-refractivity contribution in [3.05, 3.63) is 63.6 Å². The third-order valence-electron chi connectivity index (χ3n) is 5.48. The zero-order valence-corrected chi connectivity index (χ0v) is 18.5. The van der Waals surface area contributed by atoms with Crippen molar-refractivity contribution in [1.82, 2.24) is 4.90 Å². The SMILES string of the molecule is CCOc1cccc([C@H]2C(C(=O)c3cccs3)=C(O)C(=O)N2CC[NH+](CC)CC)c1. The van der Waals surface area contributed by atoms with Crippen LogP contribution in [0.15, 0.2) is 53.1 Å². The quantitative estimate of drug-likeness (QED) is 0.570. The average molecular weight is 430 g/mol. The molecule has 1 atom stereocenters. The largest absolute Gasteiger partial charge is 0.503 e. The monoisotopic (exact) mass is 429 g/mol. The fraction of sp³-hybridized carbons (Fsp3) is 0.391. The van der Waals surface area contributed by atoms with Gasteiger partial charge in [-0.05, 0) is 49.9 Å². The van der Waals surface area contributed by atoms with Crippen molar-refractivity contribution < 1.29 is 24.3 Å². The third kappa shape index (κ3) is 4.42. The van der Waals surface area contributed by atoms with E-state index in [4.69, 9.17) is 4.74 Å². The molecule has 1 aliphatic heterocycles. The molecule has 1 aromatic heterocycles. The van der Waals surface area contributed by atoms with Gasteiger partial charge in [0.15, 0.2) is 5.76 Å².